The van der Waals surface area contributed by atoms with Crippen LogP contribution in [0, 0.1) is 0 Å². The van der Waals surface area contributed by atoms with Gasteiger partial charge in [0.1, 0.15) is 0 Å². The van der Waals surface area contributed by atoms with Crippen LogP contribution in [0.15, 0.2) is 0 Å². The number of hydrogen-bond acceptors (Lipinski definition) is 4. The molecule has 0 aromatic carbocycles. The van der Waals surface area contributed by atoms with E-state index in [1.807, 2.05) is 0 Å². The molecule has 0 aromatic rings. The lowest BCUT2D eigenvalue weighted by Crippen LogP contribution is -2.23. The second-order valence-electron chi connectivity index (χ2n) is 1.98. The molecule has 0 rings (SSSR count). The fourth-order valence-electron chi connectivity index (χ4n) is 0.459. The van der Waals surface area contributed by atoms with Gasteiger partial charge in [0.2, 0.25) is 0 Å². The Kier molecular flexibility index (Phi) is 5.10. The Morgan fingerprint density at radius 1 is 1.07 bits per heavy atom. The third-order valence-electron chi connectivity index (χ3n) is 0.875. The molecule has 0 aliphatic heterocycles. The minimum Gasteiger partial charge on any atom is -0.468 e. The van der Waals surface area contributed by atoms with Crippen LogP contribution in [0.1, 0.15) is 0 Å². The van der Waals surface area contributed by atoms with E-state index in [1.165, 1.54) is 0 Å². The SMILES string of the molecule is COC(=O)C(SC(F)(F)F)SC(F)(F)F. The highest BCUT2D eigenvalue weighted by atomic mass is 32.2. The Balaban J connectivity index is 4.53. The predicted octanol–water partition coefficient (Wildman–Crippen LogP) is 2.99. The lowest BCUT2D eigenvalue weighted by Gasteiger charge is -2.16. The van der Waals surface area contributed by atoms with E-state index in [1.54, 1.807) is 0 Å². The van der Waals surface area contributed by atoms with Gasteiger partial charge in [0.15, 0.2) is 4.58 Å². The summed E-state index contributed by atoms with van der Waals surface area (Å²) in [6.07, 6.45) is 0. The zero-order valence-corrected chi connectivity index (χ0v) is 8.61. The first kappa shape index (κ1) is 14.8. The molecule has 10 heteroatoms. The number of ether oxygens (including phenoxy) is 1. The van der Waals surface area contributed by atoms with Crippen LogP contribution in [0.3, 0.4) is 0 Å². The van der Waals surface area contributed by atoms with Gasteiger partial charge in [-0.1, -0.05) is 0 Å². The molecule has 0 unspecified atom stereocenters. The molecular weight excluding hydrogens is 270 g/mol. The van der Waals surface area contributed by atoms with Crippen LogP contribution in [0.4, 0.5) is 26.3 Å². The summed E-state index contributed by atoms with van der Waals surface area (Å²) < 4.78 is 71.9. The second-order valence-corrected chi connectivity index (χ2v) is 4.62. The summed E-state index contributed by atoms with van der Waals surface area (Å²) in [5.74, 6) is -1.58. The van der Waals surface area contributed by atoms with Crippen molar-refractivity contribution in [1.82, 2.24) is 0 Å². The number of alkyl halides is 6. The molecule has 0 amide bonds. The Hall–Kier alpha value is -0.250. The fraction of sp³-hybridized carbons (Fsp3) is 0.800. The Morgan fingerprint density at radius 2 is 1.40 bits per heavy atom. The van der Waals surface area contributed by atoms with Gasteiger partial charge >= 0.3 is 17.0 Å². The Bertz CT molecular complexity index is 209. The first-order valence-corrected chi connectivity index (χ1v) is 4.88. The summed E-state index contributed by atoms with van der Waals surface area (Å²) in [4.78, 5) is 10.6. The number of carbonyl (C=O) groups excluding carboxylic acids is 1. The molecule has 15 heavy (non-hydrogen) atoms. The number of carbonyl (C=O) groups is 1. The molecular formula is C5H4F6O2S2. The van der Waals surface area contributed by atoms with E-state index in [4.69, 9.17) is 0 Å². The first-order valence-electron chi connectivity index (χ1n) is 3.12. The van der Waals surface area contributed by atoms with E-state index in [0.717, 1.165) is 0 Å². The van der Waals surface area contributed by atoms with Gasteiger partial charge < -0.3 is 4.74 Å². The number of halogens is 6. The normalized spacial score (nSPS) is 13.1. The van der Waals surface area contributed by atoms with Crippen LogP contribution in [-0.2, 0) is 9.53 Å². The highest BCUT2D eigenvalue weighted by Gasteiger charge is 2.44. The third-order valence-corrected chi connectivity index (χ3v) is 2.80. The van der Waals surface area contributed by atoms with Gasteiger partial charge in [-0.3, -0.25) is 0 Å². The molecule has 0 saturated carbocycles. The third kappa shape index (κ3) is 7.65. The van der Waals surface area contributed by atoms with E-state index in [-0.39, 0.29) is 0 Å². The molecule has 0 saturated heterocycles. The average molecular weight is 274 g/mol. The van der Waals surface area contributed by atoms with Crippen molar-refractivity contribution in [3.8, 4) is 0 Å². The smallest absolute Gasteiger partial charge is 0.443 e. The number of methoxy groups -OCH3 is 1. The number of hydrogen-bond donors (Lipinski definition) is 0. The standard InChI is InChI=1S/C5H4F6O2S2/c1-13-2(12)3(14-4(6,7)8)15-5(9,10)11/h3H,1H3. The number of rotatable bonds is 3. The van der Waals surface area contributed by atoms with Gasteiger partial charge in [-0.2, -0.15) is 26.3 Å². The quantitative estimate of drug-likeness (QED) is 0.449. The maximum atomic E-state index is 11.8. The van der Waals surface area contributed by atoms with Crippen LogP contribution in [-0.4, -0.2) is 28.7 Å². The van der Waals surface area contributed by atoms with Crippen molar-refractivity contribution in [2.75, 3.05) is 7.11 Å². The molecule has 0 aromatic heterocycles. The van der Waals surface area contributed by atoms with Crippen LogP contribution >= 0.6 is 23.5 Å². The number of thioether (sulfide) groups is 2. The Labute approximate surface area is 88.7 Å². The van der Waals surface area contributed by atoms with Gasteiger partial charge in [0.05, 0.1) is 7.11 Å². The van der Waals surface area contributed by atoms with Crippen LogP contribution in [0.2, 0.25) is 0 Å². The topological polar surface area (TPSA) is 26.3 Å². The number of esters is 1. The molecule has 0 fully saturated rings. The highest BCUT2D eigenvalue weighted by molar-refractivity contribution is 8.18. The first-order chi connectivity index (χ1) is 6.55. The van der Waals surface area contributed by atoms with Crippen molar-refractivity contribution in [3.05, 3.63) is 0 Å². The molecule has 0 atom stereocenters. The largest absolute Gasteiger partial charge is 0.468 e. The summed E-state index contributed by atoms with van der Waals surface area (Å²) in [5, 5.41) is 0. The van der Waals surface area contributed by atoms with E-state index in [0.29, 0.717) is 7.11 Å². The zero-order valence-electron chi connectivity index (χ0n) is 6.98. The highest BCUT2D eigenvalue weighted by Crippen LogP contribution is 2.45. The summed E-state index contributed by atoms with van der Waals surface area (Å²) in [6.45, 7) is 0. The molecule has 2 nitrogen and oxygen atoms in total. The molecule has 0 heterocycles. The lowest BCUT2D eigenvalue weighted by molar-refractivity contribution is -0.138. The minimum atomic E-state index is -4.93. The van der Waals surface area contributed by atoms with Crippen LogP contribution in [0.25, 0.3) is 0 Å². The van der Waals surface area contributed by atoms with Gasteiger partial charge in [0, 0.05) is 0 Å². The van der Waals surface area contributed by atoms with Gasteiger partial charge in [0.25, 0.3) is 0 Å². The van der Waals surface area contributed by atoms with Gasteiger partial charge in [-0.25, -0.2) is 4.79 Å². The summed E-state index contributed by atoms with van der Waals surface area (Å²) in [6, 6.07) is 0. The maximum Gasteiger partial charge on any atom is 0.443 e. The predicted molar refractivity (Wildman–Crippen MR) is 43.1 cm³/mol. The van der Waals surface area contributed by atoms with E-state index < -0.39 is 45.1 Å². The van der Waals surface area contributed by atoms with Crippen molar-refractivity contribution in [2.24, 2.45) is 0 Å². The van der Waals surface area contributed by atoms with Crippen molar-refractivity contribution in [1.29, 1.82) is 0 Å². The van der Waals surface area contributed by atoms with Crippen LogP contribution < -0.4 is 0 Å². The van der Waals surface area contributed by atoms with Gasteiger partial charge in [-0.05, 0) is 23.5 Å². The van der Waals surface area contributed by atoms with Crippen molar-refractivity contribution in [3.63, 3.8) is 0 Å². The molecule has 90 valence electrons. The second kappa shape index (κ2) is 5.19. The molecule has 0 spiro atoms. The summed E-state index contributed by atoms with van der Waals surface area (Å²) in [5.41, 5.74) is -9.87. The molecule has 0 aliphatic carbocycles. The van der Waals surface area contributed by atoms with E-state index >= 15 is 0 Å². The Morgan fingerprint density at radius 3 is 1.60 bits per heavy atom. The van der Waals surface area contributed by atoms with Crippen molar-refractivity contribution >= 4 is 29.5 Å². The molecule has 0 radical (unpaired) electrons. The average Bonchev–Trinajstić information content (AvgIpc) is 1.96. The summed E-state index contributed by atoms with van der Waals surface area (Å²) >= 11 is -2.14. The summed E-state index contributed by atoms with van der Waals surface area (Å²) in [7, 11) is 0.712. The minimum absolute atomic E-state index is 0.712. The fourth-order valence-corrected chi connectivity index (χ4v) is 2.18. The maximum absolute atomic E-state index is 11.8. The van der Waals surface area contributed by atoms with Gasteiger partial charge in [-0.15, -0.1) is 0 Å². The zero-order chi connectivity index (χ0) is 12.3. The lowest BCUT2D eigenvalue weighted by atomic mass is 10.8. The van der Waals surface area contributed by atoms with E-state index in [9.17, 15) is 31.1 Å². The van der Waals surface area contributed by atoms with Crippen molar-refractivity contribution in [2.45, 2.75) is 15.6 Å². The van der Waals surface area contributed by atoms with Crippen molar-refractivity contribution < 1.29 is 35.9 Å². The monoisotopic (exact) mass is 274 g/mol. The molecule has 0 aliphatic rings. The van der Waals surface area contributed by atoms with Crippen LogP contribution in [0.5, 0.6) is 0 Å². The molecule has 0 bridgehead atoms. The molecule has 0 N–H and O–H groups in total. The van der Waals surface area contributed by atoms with E-state index in [2.05, 4.69) is 4.74 Å².